The topological polar surface area (TPSA) is 64.7 Å². The van der Waals surface area contributed by atoms with E-state index in [1.807, 2.05) is 67.1 Å². The van der Waals surface area contributed by atoms with Crippen LogP contribution in [0.2, 0.25) is 0 Å². The van der Waals surface area contributed by atoms with E-state index < -0.39 is 0 Å². The van der Waals surface area contributed by atoms with Crippen molar-refractivity contribution in [3.8, 4) is 5.69 Å². The fourth-order valence-corrected chi connectivity index (χ4v) is 4.05. The standard InChI is InChI=1S/C24H27N5O/c1-5-28-18(4)25-22-15-19(11-13-23(22)28)26-24(30)14-12-21-16(2)27-29(17(21)3)20-9-7-6-8-10-20/h6-11,13,15H,5,12,14H2,1-4H3,(H,26,30). The minimum Gasteiger partial charge on any atom is -0.329 e. The van der Waals surface area contributed by atoms with Gasteiger partial charge in [-0.05, 0) is 70.0 Å². The first kappa shape index (κ1) is 19.9. The van der Waals surface area contributed by atoms with Crippen molar-refractivity contribution in [2.45, 2.75) is 47.1 Å². The van der Waals surface area contributed by atoms with Gasteiger partial charge in [0, 0.05) is 24.3 Å². The maximum Gasteiger partial charge on any atom is 0.224 e. The van der Waals surface area contributed by atoms with E-state index in [0.29, 0.717) is 12.8 Å². The van der Waals surface area contributed by atoms with Crippen molar-refractivity contribution in [2.75, 3.05) is 5.32 Å². The van der Waals surface area contributed by atoms with Crippen molar-refractivity contribution in [1.82, 2.24) is 19.3 Å². The van der Waals surface area contributed by atoms with Crippen LogP contribution in [0.15, 0.2) is 48.5 Å². The first-order chi connectivity index (χ1) is 14.5. The number of aromatic nitrogens is 4. The second-order valence-corrected chi connectivity index (χ2v) is 7.55. The summed E-state index contributed by atoms with van der Waals surface area (Å²) in [4.78, 5) is 17.2. The molecule has 0 aliphatic rings. The highest BCUT2D eigenvalue weighted by Gasteiger charge is 2.15. The van der Waals surface area contributed by atoms with Crippen LogP contribution in [0.1, 0.15) is 36.1 Å². The van der Waals surface area contributed by atoms with Crippen LogP contribution in [0.25, 0.3) is 16.7 Å². The van der Waals surface area contributed by atoms with Gasteiger partial charge in [-0.25, -0.2) is 9.67 Å². The number of nitrogens with one attached hydrogen (secondary N) is 1. The summed E-state index contributed by atoms with van der Waals surface area (Å²) in [6.07, 6.45) is 1.06. The van der Waals surface area contributed by atoms with Crippen molar-refractivity contribution in [1.29, 1.82) is 0 Å². The van der Waals surface area contributed by atoms with Gasteiger partial charge in [0.05, 0.1) is 22.4 Å². The minimum atomic E-state index is -0.00717. The Labute approximate surface area is 176 Å². The third-order valence-corrected chi connectivity index (χ3v) is 5.58. The second kappa shape index (κ2) is 8.14. The van der Waals surface area contributed by atoms with E-state index in [1.54, 1.807) is 0 Å². The van der Waals surface area contributed by atoms with Gasteiger partial charge in [0.15, 0.2) is 0 Å². The van der Waals surface area contributed by atoms with E-state index in [4.69, 9.17) is 0 Å². The molecule has 0 atom stereocenters. The molecule has 0 unspecified atom stereocenters. The molecule has 0 aliphatic carbocycles. The molecule has 2 aromatic heterocycles. The fourth-order valence-electron chi connectivity index (χ4n) is 4.05. The van der Waals surface area contributed by atoms with E-state index >= 15 is 0 Å². The van der Waals surface area contributed by atoms with Crippen LogP contribution in [0.4, 0.5) is 5.69 Å². The van der Waals surface area contributed by atoms with Gasteiger partial charge in [-0.15, -0.1) is 0 Å². The van der Waals surface area contributed by atoms with Gasteiger partial charge in [0.25, 0.3) is 0 Å². The summed E-state index contributed by atoms with van der Waals surface area (Å²) >= 11 is 0. The molecule has 30 heavy (non-hydrogen) atoms. The van der Waals surface area contributed by atoms with E-state index in [2.05, 4.69) is 33.8 Å². The molecule has 0 radical (unpaired) electrons. The summed E-state index contributed by atoms with van der Waals surface area (Å²) in [5.41, 5.74) is 6.97. The maximum atomic E-state index is 12.6. The third-order valence-electron chi connectivity index (χ3n) is 5.58. The zero-order valence-corrected chi connectivity index (χ0v) is 17.9. The number of amides is 1. The highest BCUT2D eigenvalue weighted by Crippen LogP contribution is 2.22. The Bertz CT molecular complexity index is 1200. The molecule has 154 valence electrons. The molecule has 0 fully saturated rings. The third kappa shape index (κ3) is 3.73. The summed E-state index contributed by atoms with van der Waals surface area (Å²) in [5.74, 6) is 0.976. The van der Waals surface area contributed by atoms with Gasteiger partial charge in [0.2, 0.25) is 5.91 Å². The Morgan fingerprint density at radius 2 is 1.83 bits per heavy atom. The molecule has 4 rings (SSSR count). The number of hydrogen-bond donors (Lipinski definition) is 1. The minimum absolute atomic E-state index is 0.00717. The summed E-state index contributed by atoms with van der Waals surface area (Å²) in [6, 6.07) is 16.0. The number of hydrogen-bond acceptors (Lipinski definition) is 3. The van der Waals surface area contributed by atoms with Crippen LogP contribution >= 0.6 is 0 Å². The van der Waals surface area contributed by atoms with E-state index in [9.17, 15) is 4.79 Å². The van der Waals surface area contributed by atoms with Crippen molar-refractivity contribution in [3.63, 3.8) is 0 Å². The number of nitrogens with zero attached hydrogens (tertiary/aromatic N) is 4. The Kier molecular flexibility index (Phi) is 5.40. The average Bonchev–Trinajstić information content (AvgIpc) is 3.21. The predicted octanol–water partition coefficient (Wildman–Crippen LogP) is 4.74. The summed E-state index contributed by atoms with van der Waals surface area (Å²) < 4.78 is 4.11. The van der Waals surface area contributed by atoms with Crippen LogP contribution in [0.5, 0.6) is 0 Å². The molecule has 0 saturated heterocycles. The lowest BCUT2D eigenvalue weighted by atomic mass is 10.1. The highest BCUT2D eigenvalue weighted by atomic mass is 16.1. The fraction of sp³-hybridized carbons (Fsp3) is 0.292. The lowest BCUT2D eigenvalue weighted by Gasteiger charge is -2.07. The molecule has 6 heteroatoms. The molecule has 1 N–H and O–H groups in total. The molecule has 6 nitrogen and oxygen atoms in total. The molecular weight excluding hydrogens is 374 g/mol. The second-order valence-electron chi connectivity index (χ2n) is 7.55. The lowest BCUT2D eigenvalue weighted by Crippen LogP contribution is -2.12. The molecule has 0 saturated carbocycles. The first-order valence-corrected chi connectivity index (χ1v) is 10.3. The molecule has 0 spiro atoms. The number of anilines is 1. The largest absolute Gasteiger partial charge is 0.329 e. The van der Waals surface area contributed by atoms with Crippen LogP contribution < -0.4 is 5.32 Å². The lowest BCUT2D eigenvalue weighted by molar-refractivity contribution is -0.116. The number of imidazole rings is 1. The molecule has 4 aromatic rings. The number of rotatable bonds is 6. The van der Waals surface area contributed by atoms with Gasteiger partial charge < -0.3 is 9.88 Å². The SMILES string of the molecule is CCn1c(C)nc2cc(NC(=O)CCc3c(C)nn(-c4ccccc4)c3C)ccc21. The van der Waals surface area contributed by atoms with Gasteiger partial charge in [-0.3, -0.25) is 4.79 Å². The van der Waals surface area contributed by atoms with Crippen molar-refractivity contribution >= 4 is 22.6 Å². The van der Waals surface area contributed by atoms with Gasteiger partial charge in [-0.1, -0.05) is 18.2 Å². The quantitative estimate of drug-likeness (QED) is 0.508. The zero-order valence-electron chi connectivity index (χ0n) is 17.9. The Morgan fingerprint density at radius 1 is 1.07 bits per heavy atom. The smallest absolute Gasteiger partial charge is 0.224 e. The van der Waals surface area contributed by atoms with Gasteiger partial charge in [0.1, 0.15) is 5.82 Å². The molecular formula is C24H27N5O. The Morgan fingerprint density at radius 3 is 2.57 bits per heavy atom. The number of aryl methyl sites for hydroxylation is 3. The number of fused-ring (bicyclic) bond motifs is 1. The number of carbonyl (C=O) groups excluding carboxylic acids is 1. The summed E-state index contributed by atoms with van der Waals surface area (Å²) in [6.45, 7) is 9.04. The van der Waals surface area contributed by atoms with Gasteiger partial charge >= 0.3 is 0 Å². The molecule has 2 heterocycles. The Hall–Kier alpha value is -3.41. The van der Waals surface area contributed by atoms with Crippen LogP contribution in [-0.4, -0.2) is 25.2 Å². The van der Waals surface area contributed by atoms with E-state index in [-0.39, 0.29) is 5.91 Å². The van der Waals surface area contributed by atoms with Crippen molar-refractivity contribution < 1.29 is 4.79 Å². The Balaban J connectivity index is 1.45. The van der Waals surface area contributed by atoms with Crippen molar-refractivity contribution in [2.24, 2.45) is 0 Å². The van der Waals surface area contributed by atoms with Crippen LogP contribution in [0.3, 0.4) is 0 Å². The predicted molar refractivity (Wildman–Crippen MR) is 120 cm³/mol. The monoisotopic (exact) mass is 401 g/mol. The van der Waals surface area contributed by atoms with Gasteiger partial charge in [-0.2, -0.15) is 5.10 Å². The number of para-hydroxylation sites is 1. The van der Waals surface area contributed by atoms with Crippen molar-refractivity contribution in [3.05, 3.63) is 71.3 Å². The summed E-state index contributed by atoms with van der Waals surface area (Å²) in [5, 5.41) is 7.68. The zero-order chi connectivity index (χ0) is 21.3. The van der Waals surface area contributed by atoms with Crippen LogP contribution in [0, 0.1) is 20.8 Å². The molecule has 2 aromatic carbocycles. The highest BCUT2D eigenvalue weighted by molar-refractivity contribution is 5.93. The first-order valence-electron chi connectivity index (χ1n) is 10.3. The van der Waals surface area contributed by atoms with Crippen LogP contribution in [-0.2, 0) is 17.8 Å². The molecule has 0 aliphatic heterocycles. The summed E-state index contributed by atoms with van der Waals surface area (Å²) in [7, 11) is 0. The molecule has 1 amide bonds. The number of carbonyl (C=O) groups is 1. The van der Waals surface area contributed by atoms with E-state index in [0.717, 1.165) is 51.7 Å². The number of benzene rings is 2. The normalized spacial score (nSPS) is 11.2. The molecule has 0 bridgehead atoms. The average molecular weight is 402 g/mol. The van der Waals surface area contributed by atoms with E-state index in [1.165, 1.54) is 0 Å². The maximum absolute atomic E-state index is 12.6.